The van der Waals surface area contributed by atoms with Gasteiger partial charge in [0.05, 0.1) is 0 Å². The highest BCUT2D eigenvalue weighted by Crippen LogP contribution is 2.06. The molecular weight excluding hydrogens is 145 g/mol. The van der Waals surface area contributed by atoms with E-state index in [2.05, 4.69) is 6.58 Å². The summed E-state index contributed by atoms with van der Waals surface area (Å²) in [5.74, 6) is 0.431. The molecule has 0 N–H and O–H groups in total. The van der Waals surface area contributed by atoms with Crippen molar-refractivity contribution in [2.75, 3.05) is 0 Å². The smallest absolute Gasteiger partial charge is 0.115 e. The fourth-order valence-electron chi connectivity index (χ4n) is 0.539. The minimum atomic E-state index is -1.65. The fourth-order valence-corrected chi connectivity index (χ4v) is 0.539. The van der Waals surface area contributed by atoms with Gasteiger partial charge in [0.1, 0.15) is 29.3 Å². The Kier molecular flexibility index (Phi) is 4.64. The zero-order chi connectivity index (χ0) is 9.61. The second kappa shape index (κ2) is 4.97. The van der Waals surface area contributed by atoms with Crippen LogP contribution in [0, 0.1) is 0 Å². The van der Waals surface area contributed by atoms with E-state index in [-0.39, 0.29) is 0 Å². The van der Waals surface area contributed by atoms with E-state index in [1.54, 1.807) is 12.2 Å². The second-order valence-electron chi connectivity index (χ2n) is 2.25. The van der Waals surface area contributed by atoms with Gasteiger partial charge in [0, 0.05) is 0 Å². The van der Waals surface area contributed by atoms with Gasteiger partial charge in [-0.15, -0.1) is 0 Å². The van der Waals surface area contributed by atoms with E-state index in [1.807, 2.05) is 13.0 Å². The van der Waals surface area contributed by atoms with Crippen molar-refractivity contribution in [1.29, 1.82) is 0 Å². The Labute approximate surface area is 77.8 Å². The lowest BCUT2D eigenvalue weighted by Gasteiger charge is -2.23. The summed E-state index contributed by atoms with van der Waals surface area (Å²) in [6.07, 6.45) is 6.73. The van der Waals surface area contributed by atoms with Gasteiger partial charge in [-0.1, -0.05) is 18.7 Å². The van der Waals surface area contributed by atoms with Crippen LogP contribution in [0.5, 0.6) is 0 Å². The monoisotopic (exact) mass is 154 g/mol. The molecule has 0 aliphatic carbocycles. The molecule has 0 fully saturated rings. The van der Waals surface area contributed by atoms with Crippen LogP contribution in [0.1, 0.15) is 6.92 Å². The molecule has 0 rings (SSSR count). The standard InChI is InChI=1S/C8H9B3O/c1-3-5-6-7(4-2)12-8(9,10)11/h3-6H,2H2,1H3/b5-3-,7-6+. The first kappa shape index (κ1) is 11.2. The fraction of sp³-hybridized carbons (Fsp3) is 0.250. The summed E-state index contributed by atoms with van der Waals surface area (Å²) < 4.78 is 4.91. The normalized spacial score (nSPS) is 13.2. The van der Waals surface area contributed by atoms with Gasteiger partial charge in [-0.2, -0.15) is 0 Å². The molecule has 0 bridgehead atoms. The van der Waals surface area contributed by atoms with E-state index in [1.165, 1.54) is 6.08 Å². The maximum Gasteiger partial charge on any atom is 0.115 e. The van der Waals surface area contributed by atoms with Crippen molar-refractivity contribution in [1.82, 2.24) is 0 Å². The molecule has 4 heteroatoms. The quantitative estimate of drug-likeness (QED) is 0.329. The SMILES string of the molecule is [B]C([B])([B])O/C(C=C)=C/C=C\C. The third-order valence-electron chi connectivity index (χ3n) is 0.949. The van der Waals surface area contributed by atoms with Gasteiger partial charge < -0.3 is 4.74 Å². The Balaban J connectivity index is 4.28. The van der Waals surface area contributed by atoms with E-state index < -0.39 is 5.30 Å². The highest BCUT2D eigenvalue weighted by atomic mass is 16.5. The van der Waals surface area contributed by atoms with Crippen molar-refractivity contribution in [3.8, 4) is 0 Å². The van der Waals surface area contributed by atoms with Crippen LogP contribution < -0.4 is 0 Å². The zero-order valence-electron chi connectivity index (χ0n) is 7.16. The molecule has 0 saturated carbocycles. The molecule has 56 valence electrons. The second-order valence-corrected chi connectivity index (χ2v) is 2.25. The Morgan fingerprint density at radius 3 is 2.33 bits per heavy atom. The van der Waals surface area contributed by atoms with Crippen LogP contribution in [0.2, 0.25) is 0 Å². The van der Waals surface area contributed by atoms with E-state index >= 15 is 0 Å². The van der Waals surface area contributed by atoms with Gasteiger partial charge in [0.15, 0.2) is 0 Å². The van der Waals surface area contributed by atoms with E-state index in [0.717, 1.165) is 0 Å². The summed E-state index contributed by atoms with van der Waals surface area (Å²) in [6.45, 7) is 5.38. The molecule has 6 radical (unpaired) electrons. The Morgan fingerprint density at radius 2 is 2.00 bits per heavy atom. The molecule has 0 aromatic carbocycles. The molecule has 1 nitrogen and oxygen atoms in total. The summed E-state index contributed by atoms with van der Waals surface area (Å²) in [5, 5.41) is -1.65. The Hall–Kier alpha value is -0.785. The van der Waals surface area contributed by atoms with Gasteiger partial charge in [-0.05, 0) is 24.4 Å². The van der Waals surface area contributed by atoms with Crippen molar-refractivity contribution in [2.24, 2.45) is 0 Å². The van der Waals surface area contributed by atoms with Crippen LogP contribution in [0.3, 0.4) is 0 Å². The van der Waals surface area contributed by atoms with Gasteiger partial charge in [0.25, 0.3) is 0 Å². The molecule has 0 spiro atoms. The lowest BCUT2D eigenvalue weighted by Crippen LogP contribution is -2.33. The van der Waals surface area contributed by atoms with Crippen LogP contribution in [0.4, 0.5) is 0 Å². The van der Waals surface area contributed by atoms with E-state index in [4.69, 9.17) is 28.3 Å². The molecule has 0 aliphatic rings. The van der Waals surface area contributed by atoms with Crippen molar-refractivity contribution in [3.63, 3.8) is 0 Å². The van der Waals surface area contributed by atoms with Crippen molar-refractivity contribution in [3.05, 3.63) is 36.6 Å². The minimum Gasteiger partial charge on any atom is -0.516 e. The Bertz CT molecular complexity index is 201. The first-order chi connectivity index (χ1) is 5.49. The predicted octanol–water partition coefficient (Wildman–Crippen LogP) is 0.766. The van der Waals surface area contributed by atoms with Gasteiger partial charge >= 0.3 is 0 Å². The average Bonchev–Trinajstić information content (AvgIpc) is 1.95. The topological polar surface area (TPSA) is 9.23 Å². The van der Waals surface area contributed by atoms with Crippen LogP contribution in [0.25, 0.3) is 0 Å². The van der Waals surface area contributed by atoms with E-state index in [0.29, 0.717) is 5.76 Å². The van der Waals surface area contributed by atoms with Gasteiger partial charge in [-0.3, -0.25) is 0 Å². The van der Waals surface area contributed by atoms with Crippen LogP contribution in [-0.4, -0.2) is 28.8 Å². The molecular formula is C8H9B3O. The summed E-state index contributed by atoms with van der Waals surface area (Å²) >= 11 is 0. The molecule has 0 atom stereocenters. The highest BCUT2D eigenvalue weighted by Gasteiger charge is 2.09. The molecule has 0 aromatic rings. The molecule has 0 aliphatic heterocycles. The van der Waals surface area contributed by atoms with Crippen LogP contribution in [-0.2, 0) is 4.74 Å². The first-order valence-electron chi connectivity index (χ1n) is 3.50. The molecule has 0 aromatic heterocycles. The van der Waals surface area contributed by atoms with Crippen LogP contribution >= 0.6 is 0 Å². The summed E-state index contributed by atoms with van der Waals surface area (Å²) in [4.78, 5) is 0. The molecule has 0 unspecified atom stereocenters. The molecule has 0 heterocycles. The Morgan fingerprint density at radius 1 is 1.42 bits per heavy atom. The maximum absolute atomic E-state index is 5.20. The van der Waals surface area contributed by atoms with Crippen molar-refractivity contribution < 1.29 is 4.74 Å². The molecule has 12 heavy (non-hydrogen) atoms. The lowest BCUT2D eigenvalue weighted by molar-refractivity contribution is 0.221. The van der Waals surface area contributed by atoms with Gasteiger partial charge in [0.2, 0.25) is 0 Å². The number of ether oxygens (including phenoxy) is 1. The lowest BCUT2D eigenvalue weighted by atomic mass is 9.52. The van der Waals surface area contributed by atoms with E-state index in [9.17, 15) is 0 Å². The summed E-state index contributed by atoms with van der Waals surface area (Å²) in [6, 6.07) is 0. The minimum absolute atomic E-state index is 0.431. The first-order valence-corrected chi connectivity index (χ1v) is 3.50. The third-order valence-corrected chi connectivity index (χ3v) is 0.949. The number of hydrogen-bond acceptors (Lipinski definition) is 1. The van der Waals surface area contributed by atoms with Gasteiger partial charge in [-0.25, -0.2) is 0 Å². The predicted molar refractivity (Wildman–Crippen MR) is 54.2 cm³/mol. The molecule has 0 saturated heterocycles. The van der Waals surface area contributed by atoms with Crippen molar-refractivity contribution in [2.45, 2.75) is 12.2 Å². The number of hydrogen-bond donors (Lipinski definition) is 0. The highest BCUT2D eigenvalue weighted by molar-refractivity contribution is 6.58. The van der Waals surface area contributed by atoms with Crippen molar-refractivity contribution >= 4 is 23.5 Å². The summed E-state index contributed by atoms with van der Waals surface area (Å²) in [7, 11) is 15.6. The zero-order valence-corrected chi connectivity index (χ0v) is 7.16. The summed E-state index contributed by atoms with van der Waals surface area (Å²) in [5.41, 5.74) is 0. The molecule has 0 amide bonds. The number of rotatable bonds is 4. The average molecular weight is 154 g/mol. The van der Waals surface area contributed by atoms with Crippen LogP contribution in [0.15, 0.2) is 36.6 Å². The number of allylic oxidation sites excluding steroid dienone is 4. The maximum atomic E-state index is 5.20. The third kappa shape index (κ3) is 5.96. The largest absolute Gasteiger partial charge is 0.516 e.